The number of nitrogens with one attached hydrogen (secondary N) is 1. The fraction of sp³-hybridized carbons (Fsp3) is 0.923. The van der Waals surface area contributed by atoms with Gasteiger partial charge in [0.1, 0.15) is 0 Å². The number of sulfonamides is 1. The Bertz CT molecular complexity index is 440. The summed E-state index contributed by atoms with van der Waals surface area (Å²) in [5.41, 5.74) is 4.81. The Morgan fingerprint density at radius 3 is 2.38 bits per heavy atom. The van der Waals surface area contributed by atoms with Crippen molar-refractivity contribution in [3.8, 4) is 0 Å². The molecule has 0 unspecified atom stereocenters. The van der Waals surface area contributed by atoms with Gasteiger partial charge in [-0.25, -0.2) is 13.1 Å². The molecule has 0 bridgehead atoms. The van der Waals surface area contributed by atoms with Gasteiger partial charge in [-0.2, -0.15) is 0 Å². The van der Waals surface area contributed by atoms with E-state index in [1.54, 1.807) is 0 Å². The predicted molar refractivity (Wildman–Crippen MR) is 81.9 cm³/mol. The molecule has 4 N–H and O–H groups in total. The second kappa shape index (κ2) is 7.95. The third-order valence-electron chi connectivity index (χ3n) is 3.71. The Morgan fingerprint density at radius 1 is 1.33 bits per heavy atom. The molecule has 0 aromatic heterocycles. The normalized spacial score (nSPS) is 20.4. The van der Waals surface area contributed by atoms with Gasteiger partial charge >= 0.3 is 0 Å². The molecule has 0 aromatic carbocycles. The smallest absolute Gasteiger partial charge is 0.214 e. The van der Waals surface area contributed by atoms with Crippen molar-refractivity contribution >= 4 is 15.9 Å². The molecule has 0 aromatic rings. The van der Waals surface area contributed by atoms with E-state index in [2.05, 4.69) is 9.88 Å². The zero-order valence-corrected chi connectivity index (χ0v) is 13.7. The zero-order chi connectivity index (χ0) is 15.9. The van der Waals surface area contributed by atoms with E-state index < -0.39 is 15.6 Å². The summed E-state index contributed by atoms with van der Waals surface area (Å²) in [5, 5.41) is 12.0. The molecule has 0 radical (unpaired) electrons. The number of hydrogen-bond acceptors (Lipinski definition) is 5. The molecule has 0 heterocycles. The second-order valence-electron chi connectivity index (χ2n) is 5.82. The summed E-state index contributed by atoms with van der Waals surface area (Å²) in [6.07, 6.45) is 4.83. The Morgan fingerprint density at radius 2 is 1.90 bits per heavy atom. The molecule has 8 heteroatoms. The summed E-state index contributed by atoms with van der Waals surface area (Å²) in [4.78, 5) is 0. The van der Waals surface area contributed by atoms with Gasteiger partial charge in [-0.15, -0.1) is 0 Å². The topological polar surface area (TPSA) is 114 Å². The highest BCUT2D eigenvalue weighted by atomic mass is 32.2. The van der Waals surface area contributed by atoms with Gasteiger partial charge in [0.2, 0.25) is 10.0 Å². The average Bonchev–Trinajstić information content (AvgIpc) is 2.63. The van der Waals surface area contributed by atoms with Crippen LogP contribution in [0, 0.1) is 0 Å². The lowest BCUT2D eigenvalue weighted by molar-refractivity contribution is 0.0911. The summed E-state index contributed by atoms with van der Waals surface area (Å²) in [6, 6.07) is 0. The SMILES string of the molecule is CC(C)OCCS(=O)(=O)NC1(C(N)=NO)CCCCCC1. The quantitative estimate of drug-likeness (QED) is 0.214. The molecule has 21 heavy (non-hydrogen) atoms. The molecule has 1 rings (SSSR count). The standard InChI is InChI=1S/C13H27N3O4S/c1-11(2)20-9-10-21(18,19)16-13(12(14)15-17)7-5-3-4-6-8-13/h11,16-17H,3-10H2,1-2H3,(H2,14,15). The molecule has 124 valence electrons. The number of hydrogen-bond donors (Lipinski definition) is 3. The molecule has 0 amide bonds. The largest absolute Gasteiger partial charge is 0.409 e. The minimum absolute atomic E-state index is 0.0175. The van der Waals surface area contributed by atoms with Gasteiger partial charge in [0.05, 0.1) is 24.0 Å². The summed E-state index contributed by atoms with van der Waals surface area (Å²) in [7, 11) is -3.55. The number of rotatable bonds is 7. The van der Waals surface area contributed by atoms with Crippen molar-refractivity contribution in [2.75, 3.05) is 12.4 Å². The number of oxime groups is 1. The van der Waals surface area contributed by atoms with Crippen LogP contribution in [-0.2, 0) is 14.8 Å². The first kappa shape index (κ1) is 18.2. The van der Waals surface area contributed by atoms with Crippen molar-refractivity contribution < 1.29 is 18.4 Å². The summed E-state index contributed by atoms with van der Waals surface area (Å²) in [6.45, 7) is 3.83. The molecule has 0 aliphatic heterocycles. The van der Waals surface area contributed by atoms with Crippen LogP contribution in [0.1, 0.15) is 52.4 Å². The van der Waals surface area contributed by atoms with Gasteiger partial charge in [-0.05, 0) is 26.7 Å². The van der Waals surface area contributed by atoms with Crippen LogP contribution in [-0.4, -0.2) is 43.5 Å². The van der Waals surface area contributed by atoms with Crippen LogP contribution < -0.4 is 10.5 Å². The van der Waals surface area contributed by atoms with E-state index >= 15 is 0 Å². The third kappa shape index (κ3) is 5.80. The van der Waals surface area contributed by atoms with Crippen LogP contribution >= 0.6 is 0 Å². The van der Waals surface area contributed by atoms with Gasteiger partial charge in [0, 0.05) is 0 Å². The Kier molecular flexibility index (Phi) is 6.89. The lowest BCUT2D eigenvalue weighted by Crippen LogP contribution is -2.57. The highest BCUT2D eigenvalue weighted by Gasteiger charge is 2.39. The van der Waals surface area contributed by atoms with Crippen LogP contribution in [0.3, 0.4) is 0 Å². The average molecular weight is 321 g/mol. The lowest BCUT2D eigenvalue weighted by Gasteiger charge is -2.32. The highest BCUT2D eigenvalue weighted by Crippen LogP contribution is 2.28. The first-order valence-corrected chi connectivity index (χ1v) is 9.08. The van der Waals surface area contributed by atoms with E-state index in [0.717, 1.165) is 25.7 Å². The van der Waals surface area contributed by atoms with Crippen molar-refractivity contribution in [3.63, 3.8) is 0 Å². The van der Waals surface area contributed by atoms with Crippen molar-refractivity contribution in [2.24, 2.45) is 10.9 Å². The molecule has 1 fully saturated rings. The number of amidine groups is 1. The van der Waals surface area contributed by atoms with Crippen LogP contribution in [0.4, 0.5) is 0 Å². The lowest BCUT2D eigenvalue weighted by atomic mass is 9.90. The highest BCUT2D eigenvalue weighted by molar-refractivity contribution is 7.89. The molecule has 1 aliphatic rings. The first-order chi connectivity index (χ1) is 9.81. The molecule has 0 atom stereocenters. The maximum Gasteiger partial charge on any atom is 0.214 e. The minimum Gasteiger partial charge on any atom is -0.409 e. The van der Waals surface area contributed by atoms with E-state index in [4.69, 9.17) is 15.7 Å². The van der Waals surface area contributed by atoms with Crippen LogP contribution in [0.5, 0.6) is 0 Å². The minimum atomic E-state index is -3.55. The van der Waals surface area contributed by atoms with Crippen LogP contribution in [0.2, 0.25) is 0 Å². The summed E-state index contributed by atoms with van der Waals surface area (Å²) >= 11 is 0. The molecular weight excluding hydrogens is 294 g/mol. The second-order valence-corrected chi connectivity index (χ2v) is 7.66. The molecule has 0 saturated heterocycles. The number of nitrogens with two attached hydrogens (primary N) is 1. The first-order valence-electron chi connectivity index (χ1n) is 7.42. The molecule has 7 nitrogen and oxygen atoms in total. The van der Waals surface area contributed by atoms with Crippen molar-refractivity contribution in [1.29, 1.82) is 0 Å². The van der Waals surface area contributed by atoms with Gasteiger partial charge in [0.25, 0.3) is 0 Å². The molecule has 0 spiro atoms. The van der Waals surface area contributed by atoms with E-state index in [9.17, 15) is 8.42 Å². The van der Waals surface area contributed by atoms with Crippen molar-refractivity contribution in [2.45, 2.75) is 64.0 Å². The predicted octanol–water partition coefficient (Wildman–Crippen LogP) is 1.17. The molecular formula is C13H27N3O4S. The number of nitrogens with zero attached hydrogens (tertiary/aromatic N) is 1. The van der Waals surface area contributed by atoms with Crippen molar-refractivity contribution in [1.82, 2.24) is 4.72 Å². The summed E-state index contributed by atoms with van der Waals surface area (Å²) in [5.74, 6) is -0.191. The van der Waals surface area contributed by atoms with Crippen molar-refractivity contribution in [3.05, 3.63) is 0 Å². The Labute approximate surface area is 127 Å². The summed E-state index contributed by atoms with van der Waals surface area (Å²) < 4.78 is 32.4. The van der Waals surface area contributed by atoms with Gasteiger partial charge in [-0.3, -0.25) is 0 Å². The van der Waals surface area contributed by atoms with Crippen LogP contribution in [0.15, 0.2) is 5.16 Å². The van der Waals surface area contributed by atoms with Gasteiger partial charge in [-0.1, -0.05) is 30.8 Å². The number of ether oxygens (including phenoxy) is 1. The third-order valence-corrected chi connectivity index (χ3v) is 5.12. The monoisotopic (exact) mass is 321 g/mol. The van der Waals surface area contributed by atoms with E-state index in [1.807, 2.05) is 13.8 Å². The fourth-order valence-corrected chi connectivity index (χ4v) is 3.90. The van der Waals surface area contributed by atoms with Crippen LogP contribution in [0.25, 0.3) is 0 Å². The maximum absolute atomic E-state index is 12.2. The molecule has 1 saturated carbocycles. The van der Waals surface area contributed by atoms with E-state index in [0.29, 0.717) is 12.8 Å². The Hall–Kier alpha value is -0.860. The Balaban J connectivity index is 2.80. The molecule has 1 aliphatic carbocycles. The fourth-order valence-electron chi connectivity index (χ4n) is 2.58. The van der Waals surface area contributed by atoms with Gasteiger partial charge < -0.3 is 15.7 Å². The van der Waals surface area contributed by atoms with E-state index in [-0.39, 0.29) is 24.3 Å². The van der Waals surface area contributed by atoms with Gasteiger partial charge in [0.15, 0.2) is 5.84 Å². The zero-order valence-electron chi connectivity index (χ0n) is 12.8. The van der Waals surface area contributed by atoms with E-state index in [1.165, 1.54) is 0 Å². The maximum atomic E-state index is 12.2.